The van der Waals surface area contributed by atoms with Gasteiger partial charge in [0.2, 0.25) is 5.91 Å². The molecule has 1 spiro atoms. The maximum atomic E-state index is 12.4. The lowest BCUT2D eigenvalue weighted by Gasteiger charge is -2.23. The molecule has 1 aromatic rings. The van der Waals surface area contributed by atoms with Crippen molar-refractivity contribution in [3.8, 4) is 0 Å². The fourth-order valence-corrected chi connectivity index (χ4v) is 3.83. The summed E-state index contributed by atoms with van der Waals surface area (Å²) in [7, 11) is 0. The van der Waals surface area contributed by atoms with Crippen LogP contribution in [0.2, 0.25) is 0 Å². The lowest BCUT2D eigenvalue weighted by Crippen LogP contribution is -2.33. The highest BCUT2D eigenvalue weighted by atomic mass is 16.2. The van der Waals surface area contributed by atoms with Crippen LogP contribution in [-0.4, -0.2) is 30.9 Å². The van der Waals surface area contributed by atoms with E-state index in [1.54, 1.807) is 0 Å². The minimum atomic E-state index is -0.0125. The van der Waals surface area contributed by atoms with Crippen LogP contribution in [0.3, 0.4) is 0 Å². The smallest absolute Gasteiger partial charge is 0.251 e. The third-order valence-electron chi connectivity index (χ3n) is 5.67. The second-order valence-electron chi connectivity index (χ2n) is 7.53. The highest BCUT2D eigenvalue weighted by Crippen LogP contribution is 2.58. The molecule has 24 heavy (non-hydrogen) atoms. The molecule has 3 N–H and O–H groups in total. The summed E-state index contributed by atoms with van der Waals surface area (Å²) in [5.74, 6) is 0.340. The number of piperidine rings is 1. The van der Waals surface area contributed by atoms with Gasteiger partial charge >= 0.3 is 0 Å². The first-order chi connectivity index (χ1) is 11.7. The van der Waals surface area contributed by atoms with Crippen LogP contribution in [0.5, 0.6) is 0 Å². The molecule has 2 amide bonds. The van der Waals surface area contributed by atoms with Gasteiger partial charge in [0.1, 0.15) is 0 Å². The lowest BCUT2D eigenvalue weighted by molar-refractivity contribution is -0.123. The minimum Gasteiger partial charge on any atom is -0.352 e. The summed E-state index contributed by atoms with van der Waals surface area (Å²) >= 11 is 0. The Labute approximate surface area is 142 Å². The van der Waals surface area contributed by atoms with E-state index in [4.69, 9.17) is 0 Å². The molecule has 5 nitrogen and oxygen atoms in total. The van der Waals surface area contributed by atoms with Crippen LogP contribution >= 0.6 is 0 Å². The van der Waals surface area contributed by atoms with E-state index in [-0.39, 0.29) is 23.1 Å². The molecular weight excluding hydrogens is 302 g/mol. The molecule has 1 heterocycles. The number of hydrogen-bond donors (Lipinski definition) is 3. The van der Waals surface area contributed by atoms with Gasteiger partial charge in [0, 0.05) is 24.1 Å². The van der Waals surface area contributed by atoms with Gasteiger partial charge in [-0.25, -0.2) is 0 Å². The van der Waals surface area contributed by atoms with Crippen LogP contribution < -0.4 is 16.0 Å². The Hall–Kier alpha value is -1.88. The molecule has 1 atom stereocenters. The zero-order chi connectivity index (χ0) is 16.6. The Morgan fingerprint density at radius 3 is 2.75 bits per heavy atom. The molecule has 1 aromatic carbocycles. The molecule has 3 aliphatic rings. The topological polar surface area (TPSA) is 70.2 Å². The van der Waals surface area contributed by atoms with E-state index in [0.29, 0.717) is 18.2 Å². The second kappa shape index (κ2) is 6.20. The Morgan fingerprint density at radius 2 is 2.00 bits per heavy atom. The van der Waals surface area contributed by atoms with Crippen molar-refractivity contribution in [2.24, 2.45) is 11.3 Å². The standard InChI is InChI=1S/C19H25N3O2/c23-17(22-15-4-5-15)14-3-1-2-13(10-14)12-21-18(24)16-11-19(16)6-8-20-9-7-19/h1-3,10,15-16,20H,4-9,11-12H2,(H,21,24)(H,22,23). The number of benzene rings is 1. The Balaban J connectivity index is 1.31. The van der Waals surface area contributed by atoms with Crippen LogP contribution in [-0.2, 0) is 11.3 Å². The van der Waals surface area contributed by atoms with Crippen molar-refractivity contribution in [1.29, 1.82) is 0 Å². The highest BCUT2D eigenvalue weighted by molar-refractivity contribution is 5.94. The third-order valence-corrected chi connectivity index (χ3v) is 5.67. The number of carbonyl (C=O) groups is 2. The van der Waals surface area contributed by atoms with Crippen molar-refractivity contribution in [2.75, 3.05) is 13.1 Å². The first-order valence-corrected chi connectivity index (χ1v) is 9.05. The van der Waals surface area contributed by atoms with E-state index in [2.05, 4.69) is 16.0 Å². The molecule has 4 rings (SSSR count). The number of carbonyl (C=O) groups excluding carboxylic acids is 2. The molecular formula is C19H25N3O2. The van der Waals surface area contributed by atoms with Crippen LogP contribution in [0.1, 0.15) is 48.0 Å². The van der Waals surface area contributed by atoms with Gasteiger partial charge in [0.15, 0.2) is 0 Å². The summed E-state index contributed by atoms with van der Waals surface area (Å²) in [6.07, 6.45) is 5.43. The number of hydrogen-bond acceptors (Lipinski definition) is 3. The molecule has 0 radical (unpaired) electrons. The first kappa shape index (κ1) is 15.6. The summed E-state index contributed by atoms with van der Waals surface area (Å²) in [5, 5.41) is 9.42. The molecule has 128 valence electrons. The maximum absolute atomic E-state index is 12.4. The van der Waals surface area contributed by atoms with E-state index in [0.717, 1.165) is 50.8 Å². The van der Waals surface area contributed by atoms with Gasteiger partial charge in [-0.2, -0.15) is 0 Å². The highest BCUT2D eigenvalue weighted by Gasteiger charge is 2.57. The molecule has 0 aromatic heterocycles. The monoisotopic (exact) mass is 327 g/mol. The van der Waals surface area contributed by atoms with Gasteiger partial charge < -0.3 is 16.0 Å². The average Bonchev–Trinajstić information content (AvgIpc) is 3.52. The molecule has 2 aliphatic carbocycles. The van der Waals surface area contributed by atoms with Gasteiger partial charge in [-0.15, -0.1) is 0 Å². The van der Waals surface area contributed by atoms with E-state index in [9.17, 15) is 9.59 Å². The van der Waals surface area contributed by atoms with E-state index in [1.807, 2.05) is 24.3 Å². The molecule has 0 bridgehead atoms. The molecule has 2 saturated carbocycles. The normalized spacial score (nSPS) is 24.4. The molecule has 5 heteroatoms. The fourth-order valence-electron chi connectivity index (χ4n) is 3.83. The van der Waals surface area contributed by atoms with Crippen molar-refractivity contribution in [1.82, 2.24) is 16.0 Å². The fraction of sp³-hybridized carbons (Fsp3) is 0.579. The zero-order valence-electron chi connectivity index (χ0n) is 13.9. The van der Waals surface area contributed by atoms with Gasteiger partial charge in [0.25, 0.3) is 5.91 Å². The molecule has 1 saturated heterocycles. The van der Waals surface area contributed by atoms with Gasteiger partial charge in [-0.3, -0.25) is 9.59 Å². The lowest BCUT2D eigenvalue weighted by atomic mass is 9.92. The predicted octanol–water partition coefficient (Wildman–Crippen LogP) is 1.58. The van der Waals surface area contributed by atoms with Crippen LogP contribution in [0.4, 0.5) is 0 Å². The maximum Gasteiger partial charge on any atom is 0.251 e. The number of rotatable bonds is 5. The summed E-state index contributed by atoms with van der Waals surface area (Å²) in [6, 6.07) is 7.91. The van der Waals surface area contributed by atoms with Crippen LogP contribution in [0.25, 0.3) is 0 Å². The van der Waals surface area contributed by atoms with Gasteiger partial charge in [-0.05, 0) is 68.3 Å². The Morgan fingerprint density at radius 1 is 1.21 bits per heavy atom. The van der Waals surface area contributed by atoms with E-state index < -0.39 is 0 Å². The van der Waals surface area contributed by atoms with Crippen LogP contribution in [0.15, 0.2) is 24.3 Å². The van der Waals surface area contributed by atoms with E-state index in [1.165, 1.54) is 0 Å². The van der Waals surface area contributed by atoms with Crippen molar-refractivity contribution in [3.05, 3.63) is 35.4 Å². The minimum absolute atomic E-state index is 0.0125. The summed E-state index contributed by atoms with van der Waals surface area (Å²) < 4.78 is 0. The molecule has 1 unspecified atom stereocenters. The number of amides is 2. The van der Waals surface area contributed by atoms with Gasteiger partial charge in [-0.1, -0.05) is 12.1 Å². The summed E-state index contributed by atoms with van der Waals surface area (Å²) in [5.41, 5.74) is 1.92. The van der Waals surface area contributed by atoms with Crippen molar-refractivity contribution in [3.63, 3.8) is 0 Å². The Kier molecular flexibility index (Phi) is 4.04. The predicted molar refractivity (Wildman–Crippen MR) is 91.4 cm³/mol. The van der Waals surface area contributed by atoms with Gasteiger partial charge in [0.05, 0.1) is 0 Å². The van der Waals surface area contributed by atoms with E-state index >= 15 is 0 Å². The third kappa shape index (κ3) is 3.31. The van der Waals surface area contributed by atoms with Crippen LogP contribution in [0, 0.1) is 11.3 Å². The first-order valence-electron chi connectivity index (χ1n) is 9.05. The Bertz CT molecular complexity index is 648. The van der Waals surface area contributed by atoms with Crippen molar-refractivity contribution >= 4 is 11.8 Å². The summed E-state index contributed by atoms with van der Waals surface area (Å²) in [4.78, 5) is 24.5. The average molecular weight is 327 g/mol. The quantitative estimate of drug-likeness (QED) is 0.769. The number of nitrogens with one attached hydrogen (secondary N) is 3. The van der Waals surface area contributed by atoms with Crippen molar-refractivity contribution < 1.29 is 9.59 Å². The summed E-state index contributed by atoms with van der Waals surface area (Å²) in [6.45, 7) is 2.55. The SMILES string of the molecule is O=C(NC1CC1)c1cccc(CNC(=O)C2CC23CCNCC3)c1. The zero-order valence-corrected chi connectivity index (χ0v) is 13.9. The molecule has 1 aliphatic heterocycles. The largest absolute Gasteiger partial charge is 0.352 e. The molecule has 3 fully saturated rings. The second-order valence-corrected chi connectivity index (χ2v) is 7.53. The van der Waals surface area contributed by atoms with Crippen molar-refractivity contribution in [2.45, 2.75) is 44.7 Å².